The number of thiazole rings is 1. The minimum Gasteiger partial charge on any atom is -0.383 e. The molecule has 1 aliphatic heterocycles. The van der Waals surface area contributed by atoms with E-state index in [1.807, 2.05) is 10.7 Å². The Kier molecular flexibility index (Phi) is 4.86. The molecule has 0 radical (unpaired) electrons. The average Bonchev–Trinajstić information content (AvgIpc) is 3.27. The smallest absolute Gasteiger partial charge is 0.206 e. The lowest BCUT2D eigenvalue weighted by atomic mass is 10.3. The Morgan fingerprint density at radius 2 is 2.08 bits per heavy atom. The van der Waals surface area contributed by atoms with E-state index in [4.69, 9.17) is 9.72 Å². The molecule has 0 saturated carbocycles. The van der Waals surface area contributed by atoms with Crippen LogP contribution < -0.4 is 9.80 Å². The minimum atomic E-state index is 0.624. The minimum absolute atomic E-state index is 0.624. The molecule has 2 aromatic heterocycles. The van der Waals surface area contributed by atoms with E-state index >= 15 is 0 Å². The number of quaternary nitrogens is 1. The van der Waals surface area contributed by atoms with E-state index in [0.29, 0.717) is 13.2 Å². The summed E-state index contributed by atoms with van der Waals surface area (Å²) in [6, 6.07) is 8.33. The third-order valence-electron chi connectivity index (χ3n) is 4.55. The van der Waals surface area contributed by atoms with Gasteiger partial charge in [0, 0.05) is 7.11 Å². The van der Waals surface area contributed by atoms with Gasteiger partial charge in [0.1, 0.15) is 6.54 Å². The SMILES string of the molecule is COCCn1nnnc1C[NH+]1CCN(c2nc3ccccc3s2)CC1. The van der Waals surface area contributed by atoms with Gasteiger partial charge in [0.2, 0.25) is 5.82 Å². The molecule has 1 aromatic carbocycles. The zero-order valence-electron chi connectivity index (χ0n) is 14.3. The van der Waals surface area contributed by atoms with Crippen molar-refractivity contribution in [3.05, 3.63) is 30.1 Å². The van der Waals surface area contributed by atoms with Gasteiger partial charge in [-0.1, -0.05) is 23.5 Å². The second-order valence-electron chi connectivity index (χ2n) is 6.19. The first-order valence-corrected chi connectivity index (χ1v) is 9.33. The second kappa shape index (κ2) is 7.42. The lowest BCUT2D eigenvalue weighted by Crippen LogP contribution is -3.13. The molecule has 0 unspecified atom stereocenters. The quantitative estimate of drug-likeness (QED) is 0.658. The number of tetrazole rings is 1. The first kappa shape index (κ1) is 16.4. The standard InChI is InChI=1S/C16H21N7OS/c1-24-11-10-23-15(18-19-20-23)12-21-6-8-22(9-7-21)16-17-13-4-2-3-5-14(13)25-16/h2-5H,6-12H2,1H3/p+1. The number of benzene rings is 1. The molecule has 0 bridgehead atoms. The highest BCUT2D eigenvalue weighted by Crippen LogP contribution is 2.28. The highest BCUT2D eigenvalue weighted by molar-refractivity contribution is 7.22. The number of hydrogen-bond donors (Lipinski definition) is 1. The fourth-order valence-electron chi connectivity index (χ4n) is 3.11. The molecule has 0 amide bonds. The van der Waals surface area contributed by atoms with Crippen molar-refractivity contribution in [2.75, 3.05) is 44.8 Å². The monoisotopic (exact) mass is 360 g/mol. The molecule has 9 heteroatoms. The van der Waals surface area contributed by atoms with E-state index in [9.17, 15) is 0 Å². The van der Waals surface area contributed by atoms with Crippen LogP contribution in [-0.4, -0.2) is 65.1 Å². The zero-order chi connectivity index (χ0) is 17.1. The van der Waals surface area contributed by atoms with Crippen molar-refractivity contribution in [1.29, 1.82) is 0 Å². The number of nitrogens with zero attached hydrogens (tertiary/aromatic N) is 6. The number of ether oxygens (including phenoxy) is 1. The molecule has 0 atom stereocenters. The summed E-state index contributed by atoms with van der Waals surface area (Å²) < 4.78 is 8.21. The van der Waals surface area contributed by atoms with Crippen LogP contribution in [0.5, 0.6) is 0 Å². The molecule has 3 heterocycles. The van der Waals surface area contributed by atoms with Gasteiger partial charge in [0.15, 0.2) is 5.13 Å². The van der Waals surface area contributed by atoms with Crippen molar-refractivity contribution in [3.63, 3.8) is 0 Å². The van der Waals surface area contributed by atoms with Crippen LogP contribution in [0.4, 0.5) is 5.13 Å². The van der Waals surface area contributed by atoms with Crippen molar-refractivity contribution in [1.82, 2.24) is 25.2 Å². The van der Waals surface area contributed by atoms with Crippen LogP contribution >= 0.6 is 11.3 Å². The highest BCUT2D eigenvalue weighted by Gasteiger charge is 2.24. The Morgan fingerprint density at radius 3 is 2.88 bits per heavy atom. The van der Waals surface area contributed by atoms with E-state index in [-0.39, 0.29) is 0 Å². The number of para-hydroxylation sites is 1. The van der Waals surface area contributed by atoms with Crippen molar-refractivity contribution >= 4 is 26.7 Å². The number of hydrogen-bond acceptors (Lipinski definition) is 7. The molecule has 1 N–H and O–H groups in total. The predicted octanol–water partition coefficient (Wildman–Crippen LogP) is -0.166. The van der Waals surface area contributed by atoms with E-state index in [1.165, 1.54) is 9.60 Å². The Bertz CT molecular complexity index is 792. The maximum absolute atomic E-state index is 5.11. The van der Waals surface area contributed by atoms with Crippen LogP contribution in [0.1, 0.15) is 5.82 Å². The Balaban J connectivity index is 1.36. The Morgan fingerprint density at radius 1 is 1.24 bits per heavy atom. The van der Waals surface area contributed by atoms with Crippen LogP contribution in [0.25, 0.3) is 10.2 Å². The summed E-state index contributed by atoms with van der Waals surface area (Å²) in [6.45, 7) is 6.32. The molecule has 1 aliphatic rings. The van der Waals surface area contributed by atoms with E-state index in [2.05, 4.69) is 38.6 Å². The fourth-order valence-corrected chi connectivity index (χ4v) is 4.13. The number of anilines is 1. The number of nitrogens with one attached hydrogen (secondary N) is 1. The first-order valence-electron chi connectivity index (χ1n) is 8.51. The Labute approximate surface area is 150 Å². The maximum Gasteiger partial charge on any atom is 0.206 e. The summed E-state index contributed by atoms with van der Waals surface area (Å²) in [5, 5.41) is 13.2. The van der Waals surface area contributed by atoms with E-state index in [1.54, 1.807) is 18.4 Å². The van der Waals surface area contributed by atoms with Gasteiger partial charge in [-0.2, -0.15) is 0 Å². The number of methoxy groups -OCH3 is 1. The van der Waals surface area contributed by atoms with E-state index < -0.39 is 0 Å². The summed E-state index contributed by atoms with van der Waals surface area (Å²) in [7, 11) is 1.69. The van der Waals surface area contributed by atoms with Crippen molar-refractivity contribution in [2.24, 2.45) is 0 Å². The molecule has 4 rings (SSSR count). The number of aromatic nitrogens is 5. The number of piperazine rings is 1. The zero-order valence-corrected chi connectivity index (χ0v) is 15.1. The second-order valence-corrected chi connectivity index (χ2v) is 7.20. The molecular weight excluding hydrogens is 338 g/mol. The highest BCUT2D eigenvalue weighted by atomic mass is 32.1. The van der Waals surface area contributed by atoms with Crippen LogP contribution in [0.15, 0.2) is 24.3 Å². The van der Waals surface area contributed by atoms with Gasteiger partial charge in [-0.05, 0) is 22.6 Å². The van der Waals surface area contributed by atoms with Gasteiger partial charge >= 0.3 is 0 Å². The molecule has 0 spiro atoms. The lowest BCUT2D eigenvalue weighted by Gasteiger charge is -2.31. The van der Waals surface area contributed by atoms with Gasteiger partial charge in [0.25, 0.3) is 0 Å². The first-order chi connectivity index (χ1) is 12.3. The van der Waals surface area contributed by atoms with Gasteiger partial charge in [-0.3, -0.25) is 0 Å². The number of rotatable bonds is 6. The third kappa shape index (κ3) is 3.63. The molecule has 0 aliphatic carbocycles. The molecule has 1 fully saturated rings. The van der Waals surface area contributed by atoms with Gasteiger partial charge in [-0.15, -0.1) is 5.10 Å². The molecule has 25 heavy (non-hydrogen) atoms. The maximum atomic E-state index is 5.11. The van der Waals surface area contributed by atoms with Crippen molar-refractivity contribution in [3.8, 4) is 0 Å². The van der Waals surface area contributed by atoms with E-state index in [0.717, 1.165) is 49.2 Å². The van der Waals surface area contributed by atoms with Crippen molar-refractivity contribution in [2.45, 2.75) is 13.1 Å². The fraction of sp³-hybridized carbons (Fsp3) is 0.500. The van der Waals surface area contributed by atoms with Crippen LogP contribution in [-0.2, 0) is 17.8 Å². The summed E-state index contributed by atoms with van der Waals surface area (Å²) in [5.74, 6) is 0.931. The average molecular weight is 360 g/mol. The lowest BCUT2D eigenvalue weighted by molar-refractivity contribution is -0.915. The summed E-state index contributed by atoms with van der Waals surface area (Å²) >= 11 is 1.78. The van der Waals surface area contributed by atoms with Crippen LogP contribution in [0, 0.1) is 0 Å². The summed E-state index contributed by atoms with van der Waals surface area (Å²) in [4.78, 5) is 8.67. The van der Waals surface area contributed by atoms with Gasteiger partial charge in [0.05, 0.1) is 49.5 Å². The largest absolute Gasteiger partial charge is 0.383 e. The predicted molar refractivity (Wildman–Crippen MR) is 95.9 cm³/mol. The topological polar surface area (TPSA) is 73.4 Å². The molecule has 132 valence electrons. The number of fused-ring (bicyclic) bond motifs is 1. The molecule has 3 aromatic rings. The van der Waals surface area contributed by atoms with Crippen LogP contribution in [0.2, 0.25) is 0 Å². The van der Waals surface area contributed by atoms with Crippen LogP contribution in [0.3, 0.4) is 0 Å². The molecule has 1 saturated heterocycles. The van der Waals surface area contributed by atoms with Crippen molar-refractivity contribution < 1.29 is 9.64 Å². The summed E-state index contributed by atoms with van der Waals surface area (Å²) in [5.41, 5.74) is 1.09. The Hall–Kier alpha value is -2.10. The van der Waals surface area contributed by atoms with Gasteiger partial charge in [-0.25, -0.2) is 9.67 Å². The normalized spacial score (nSPS) is 16.0. The third-order valence-corrected chi connectivity index (χ3v) is 5.64. The molecular formula is C16H22N7OS+. The van der Waals surface area contributed by atoms with Gasteiger partial charge < -0.3 is 14.5 Å². The summed E-state index contributed by atoms with van der Waals surface area (Å²) in [6.07, 6.45) is 0. The molecule has 8 nitrogen and oxygen atoms in total.